The zero-order chi connectivity index (χ0) is 25.1. The van der Waals surface area contributed by atoms with E-state index in [2.05, 4.69) is 10.6 Å². The Labute approximate surface area is 206 Å². The molecule has 0 bridgehead atoms. The van der Waals surface area contributed by atoms with Gasteiger partial charge in [0.1, 0.15) is 0 Å². The number of imide groups is 1. The highest BCUT2D eigenvalue weighted by Gasteiger charge is 2.34. The summed E-state index contributed by atoms with van der Waals surface area (Å²) in [5.74, 6) is -1.00. The SMILES string of the molecule is O=C(NCc1ccc(NC(=O)c2ccco2)cc1)c1ccc(CN2C(=O)c3ccccc3C2=O)cc1. The molecule has 1 aliphatic heterocycles. The molecule has 5 rings (SSSR count). The Hall–Kier alpha value is -4.98. The van der Waals surface area contributed by atoms with Gasteiger partial charge in [0, 0.05) is 17.8 Å². The molecule has 8 nitrogen and oxygen atoms in total. The van der Waals surface area contributed by atoms with Gasteiger partial charge in [-0.3, -0.25) is 24.1 Å². The highest BCUT2D eigenvalue weighted by atomic mass is 16.3. The molecule has 0 saturated carbocycles. The first-order chi connectivity index (χ1) is 17.5. The lowest BCUT2D eigenvalue weighted by Crippen LogP contribution is -2.29. The minimum atomic E-state index is -0.340. The number of nitrogens with zero attached hydrogens (tertiary/aromatic N) is 1. The van der Waals surface area contributed by atoms with Crippen molar-refractivity contribution in [3.63, 3.8) is 0 Å². The van der Waals surface area contributed by atoms with Crippen LogP contribution in [0.3, 0.4) is 0 Å². The summed E-state index contributed by atoms with van der Waals surface area (Å²) in [6.45, 7) is 0.444. The number of amides is 4. The van der Waals surface area contributed by atoms with E-state index in [0.29, 0.717) is 28.9 Å². The number of carbonyl (C=O) groups excluding carboxylic acids is 4. The molecule has 0 aliphatic carbocycles. The van der Waals surface area contributed by atoms with E-state index in [1.165, 1.54) is 11.2 Å². The van der Waals surface area contributed by atoms with Gasteiger partial charge in [0.25, 0.3) is 23.6 Å². The molecule has 2 heterocycles. The lowest BCUT2D eigenvalue weighted by molar-refractivity contribution is 0.0641. The zero-order valence-corrected chi connectivity index (χ0v) is 19.1. The van der Waals surface area contributed by atoms with Crippen molar-refractivity contribution < 1.29 is 23.6 Å². The minimum absolute atomic E-state index is 0.136. The normalized spacial score (nSPS) is 12.4. The van der Waals surface area contributed by atoms with Gasteiger partial charge in [-0.2, -0.15) is 0 Å². The molecule has 1 aromatic heterocycles. The van der Waals surface area contributed by atoms with Gasteiger partial charge >= 0.3 is 0 Å². The van der Waals surface area contributed by atoms with E-state index in [-0.39, 0.29) is 35.9 Å². The van der Waals surface area contributed by atoms with Gasteiger partial charge in [0.05, 0.1) is 23.9 Å². The van der Waals surface area contributed by atoms with Gasteiger partial charge in [0.2, 0.25) is 0 Å². The van der Waals surface area contributed by atoms with E-state index in [9.17, 15) is 19.2 Å². The molecule has 0 atom stereocenters. The van der Waals surface area contributed by atoms with Gasteiger partial charge < -0.3 is 15.1 Å². The van der Waals surface area contributed by atoms with Crippen LogP contribution in [0.1, 0.15) is 52.8 Å². The van der Waals surface area contributed by atoms with Crippen LogP contribution in [0.25, 0.3) is 0 Å². The van der Waals surface area contributed by atoms with Gasteiger partial charge in [-0.1, -0.05) is 36.4 Å². The fourth-order valence-corrected chi connectivity index (χ4v) is 3.92. The van der Waals surface area contributed by atoms with Crippen molar-refractivity contribution in [1.82, 2.24) is 10.2 Å². The lowest BCUT2D eigenvalue weighted by Gasteiger charge is -2.14. The molecule has 4 amide bonds. The van der Waals surface area contributed by atoms with Crippen LogP contribution in [0.2, 0.25) is 0 Å². The molecule has 0 fully saturated rings. The van der Waals surface area contributed by atoms with Crippen molar-refractivity contribution >= 4 is 29.3 Å². The smallest absolute Gasteiger partial charge is 0.291 e. The van der Waals surface area contributed by atoms with Gasteiger partial charge in [-0.15, -0.1) is 0 Å². The molecule has 0 radical (unpaired) electrons. The Morgan fingerprint density at radius 2 is 1.36 bits per heavy atom. The summed E-state index contributed by atoms with van der Waals surface area (Å²) in [7, 11) is 0. The highest BCUT2D eigenvalue weighted by molar-refractivity contribution is 6.21. The van der Waals surface area contributed by atoms with Crippen molar-refractivity contribution in [3.05, 3.63) is 125 Å². The molecule has 178 valence electrons. The third kappa shape index (κ3) is 4.65. The Morgan fingerprint density at radius 1 is 0.722 bits per heavy atom. The molecule has 36 heavy (non-hydrogen) atoms. The monoisotopic (exact) mass is 479 g/mol. The maximum absolute atomic E-state index is 12.6. The van der Waals surface area contributed by atoms with E-state index in [1.807, 2.05) is 12.1 Å². The zero-order valence-electron chi connectivity index (χ0n) is 19.1. The van der Waals surface area contributed by atoms with Crippen LogP contribution in [0.4, 0.5) is 5.69 Å². The van der Waals surface area contributed by atoms with Crippen molar-refractivity contribution in [3.8, 4) is 0 Å². The van der Waals surface area contributed by atoms with Crippen LogP contribution >= 0.6 is 0 Å². The van der Waals surface area contributed by atoms with E-state index in [4.69, 9.17) is 4.42 Å². The molecular formula is C28H21N3O5. The van der Waals surface area contributed by atoms with E-state index < -0.39 is 0 Å². The average Bonchev–Trinajstić information content (AvgIpc) is 3.53. The Bertz CT molecular complexity index is 1410. The Morgan fingerprint density at radius 3 is 1.97 bits per heavy atom. The largest absolute Gasteiger partial charge is 0.459 e. The number of rotatable bonds is 7. The summed E-state index contributed by atoms with van der Waals surface area (Å²) in [6, 6.07) is 23.9. The van der Waals surface area contributed by atoms with Crippen molar-refractivity contribution in [1.29, 1.82) is 0 Å². The van der Waals surface area contributed by atoms with Crippen LogP contribution in [0.15, 0.2) is 95.6 Å². The summed E-state index contributed by atoms with van der Waals surface area (Å²) < 4.78 is 5.07. The molecule has 8 heteroatoms. The second-order valence-electron chi connectivity index (χ2n) is 8.25. The van der Waals surface area contributed by atoms with E-state index in [0.717, 1.165) is 11.1 Å². The number of nitrogens with one attached hydrogen (secondary N) is 2. The first kappa shape index (κ1) is 22.8. The molecule has 3 aromatic carbocycles. The molecule has 4 aromatic rings. The molecule has 0 unspecified atom stereocenters. The van der Waals surface area contributed by atoms with Crippen LogP contribution < -0.4 is 10.6 Å². The fraction of sp³-hybridized carbons (Fsp3) is 0.0714. The van der Waals surface area contributed by atoms with Crippen LogP contribution in [-0.2, 0) is 13.1 Å². The van der Waals surface area contributed by atoms with Crippen LogP contribution in [0.5, 0.6) is 0 Å². The van der Waals surface area contributed by atoms with Crippen molar-refractivity contribution in [2.24, 2.45) is 0 Å². The van der Waals surface area contributed by atoms with E-state index in [1.54, 1.807) is 72.8 Å². The standard InChI is InChI=1S/C28H21N3O5/c32-25(29-16-18-9-13-21(14-10-18)30-26(33)24-6-3-15-36-24)20-11-7-19(8-12-20)17-31-27(34)22-4-1-2-5-23(22)28(31)35/h1-15H,16-17H2,(H,29,32)(H,30,33). The number of hydrogen-bond donors (Lipinski definition) is 2. The summed E-state index contributed by atoms with van der Waals surface area (Å²) in [4.78, 5) is 50.9. The minimum Gasteiger partial charge on any atom is -0.459 e. The Kier molecular flexibility index (Phi) is 6.15. The average molecular weight is 479 g/mol. The quantitative estimate of drug-likeness (QED) is 0.385. The third-order valence-electron chi connectivity index (χ3n) is 5.84. The van der Waals surface area contributed by atoms with Crippen LogP contribution in [-0.4, -0.2) is 28.5 Å². The number of carbonyl (C=O) groups is 4. The van der Waals surface area contributed by atoms with Gasteiger partial charge in [-0.05, 0) is 59.7 Å². The maximum Gasteiger partial charge on any atom is 0.291 e. The van der Waals surface area contributed by atoms with Crippen molar-refractivity contribution in [2.75, 3.05) is 5.32 Å². The Balaban J connectivity index is 1.14. The number of benzene rings is 3. The topological polar surface area (TPSA) is 109 Å². The number of fused-ring (bicyclic) bond motifs is 1. The van der Waals surface area contributed by atoms with Crippen molar-refractivity contribution in [2.45, 2.75) is 13.1 Å². The lowest BCUT2D eigenvalue weighted by atomic mass is 10.1. The fourth-order valence-electron chi connectivity index (χ4n) is 3.92. The predicted molar refractivity (Wildman–Crippen MR) is 131 cm³/mol. The van der Waals surface area contributed by atoms with Gasteiger partial charge in [-0.25, -0.2) is 0 Å². The molecule has 2 N–H and O–H groups in total. The molecule has 1 aliphatic rings. The first-order valence-electron chi connectivity index (χ1n) is 11.3. The molecular weight excluding hydrogens is 458 g/mol. The summed E-state index contributed by atoms with van der Waals surface area (Å²) in [5, 5.41) is 5.59. The number of anilines is 1. The maximum atomic E-state index is 12.6. The summed E-state index contributed by atoms with van der Waals surface area (Å²) in [5.41, 5.74) is 3.50. The third-order valence-corrected chi connectivity index (χ3v) is 5.84. The number of furan rings is 1. The molecule has 0 spiro atoms. The summed E-state index contributed by atoms with van der Waals surface area (Å²) in [6.07, 6.45) is 1.43. The highest BCUT2D eigenvalue weighted by Crippen LogP contribution is 2.24. The second kappa shape index (κ2) is 9.71. The molecule has 0 saturated heterocycles. The summed E-state index contributed by atoms with van der Waals surface area (Å²) >= 11 is 0. The first-order valence-corrected chi connectivity index (χ1v) is 11.3. The van der Waals surface area contributed by atoms with E-state index >= 15 is 0 Å². The number of hydrogen-bond acceptors (Lipinski definition) is 5. The van der Waals surface area contributed by atoms with Crippen LogP contribution in [0, 0.1) is 0 Å². The second-order valence-corrected chi connectivity index (χ2v) is 8.25. The van der Waals surface area contributed by atoms with Gasteiger partial charge in [0.15, 0.2) is 5.76 Å². The predicted octanol–water partition coefficient (Wildman–Crippen LogP) is 4.26.